The van der Waals surface area contributed by atoms with Gasteiger partial charge in [0.2, 0.25) is 0 Å². The number of nitrogens with zero attached hydrogens (tertiary/aromatic N) is 1. The second-order valence-electron chi connectivity index (χ2n) is 6.81. The molecule has 1 aromatic carbocycles. The van der Waals surface area contributed by atoms with Crippen LogP contribution in [-0.2, 0) is 0 Å². The highest BCUT2D eigenvalue weighted by atomic mass is 35.5. The Bertz CT molecular complexity index is 695. The van der Waals surface area contributed by atoms with E-state index in [9.17, 15) is 4.79 Å². The first-order valence-electron chi connectivity index (χ1n) is 8.05. The van der Waals surface area contributed by atoms with Crippen molar-refractivity contribution in [3.05, 3.63) is 58.1 Å². The number of hydrogen-bond acceptors (Lipinski definition) is 2. The minimum absolute atomic E-state index is 0.0109. The largest absolute Gasteiger partial charge is 0.344 e. The summed E-state index contributed by atoms with van der Waals surface area (Å²) in [5.41, 5.74) is 2.86. The Balaban J connectivity index is 1.87. The molecule has 3 rings (SSSR count). The maximum atomic E-state index is 12.8. The van der Waals surface area contributed by atoms with Crippen LogP contribution in [0.25, 0.3) is 0 Å². The number of amides is 1. The molecule has 1 saturated heterocycles. The minimum atomic E-state index is -0.0966. The van der Waals surface area contributed by atoms with Gasteiger partial charge in [0.15, 0.2) is 0 Å². The molecule has 23 heavy (non-hydrogen) atoms. The van der Waals surface area contributed by atoms with E-state index in [-0.39, 0.29) is 17.5 Å². The highest BCUT2D eigenvalue weighted by molar-refractivity contribution is 6.33. The second kappa shape index (κ2) is 6.14. The monoisotopic (exact) mass is 330 g/mol. The van der Waals surface area contributed by atoms with Crippen LogP contribution in [0.3, 0.4) is 0 Å². The van der Waals surface area contributed by atoms with Crippen LogP contribution in [0, 0.1) is 6.92 Å². The molecule has 122 valence electrons. The highest BCUT2D eigenvalue weighted by Crippen LogP contribution is 2.38. The van der Waals surface area contributed by atoms with Crippen LogP contribution < -0.4 is 5.32 Å². The molecule has 0 spiro atoms. The van der Waals surface area contributed by atoms with Gasteiger partial charge in [-0.15, -0.1) is 0 Å². The van der Waals surface area contributed by atoms with Crippen molar-refractivity contribution in [3.8, 4) is 0 Å². The third-order valence-electron chi connectivity index (χ3n) is 5.01. The fraction of sp³-hybridized carbons (Fsp3) is 0.421. The van der Waals surface area contributed by atoms with Crippen LogP contribution in [0.15, 0.2) is 42.0 Å². The fourth-order valence-corrected chi connectivity index (χ4v) is 3.49. The SMILES string of the molecule is Cc1ccc(Cl)c(C(=O)NC(C2=CC=CCC2)C2(C)CN2C)c1. The van der Waals surface area contributed by atoms with Gasteiger partial charge in [0, 0.05) is 6.54 Å². The lowest BCUT2D eigenvalue weighted by Gasteiger charge is -2.29. The van der Waals surface area contributed by atoms with E-state index >= 15 is 0 Å². The predicted molar refractivity (Wildman–Crippen MR) is 94.9 cm³/mol. The first-order chi connectivity index (χ1) is 10.9. The average Bonchev–Trinajstić information content (AvgIpc) is 3.16. The van der Waals surface area contributed by atoms with Crippen molar-refractivity contribution in [1.29, 1.82) is 0 Å². The zero-order valence-electron chi connectivity index (χ0n) is 13.9. The van der Waals surface area contributed by atoms with Gasteiger partial charge in [-0.1, -0.05) is 41.5 Å². The molecule has 0 radical (unpaired) electrons. The van der Waals surface area contributed by atoms with Crippen molar-refractivity contribution >= 4 is 17.5 Å². The summed E-state index contributed by atoms with van der Waals surface area (Å²) in [4.78, 5) is 15.1. The van der Waals surface area contributed by atoms with Crippen LogP contribution in [-0.4, -0.2) is 36.0 Å². The number of likely N-dealkylation sites (N-methyl/N-ethyl adjacent to an activating group) is 1. The number of halogens is 1. The fourth-order valence-electron chi connectivity index (χ4n) is 3.29. The summed E-state index contributed by atoms with van der Waals surface area (Å²) in [6.07, 6.45) is 8.42. The molecule has 1 heterocycles. The van der Waals surface area contributed by atoms with Gasteiger partial charge in [-0.25, -0.2) is 0 Å². The Morgan fingerprint density at radius 1 is 1.43 bits per heavy atom. The van der Waals surface area contributed by atoms with Crippen molar-refractivity contribution in [2.45, 2.75) is 38.3 Å². The van der Waals surface area contributed by atoms with Crippen molar-refractivity contribution in [2.75, 3.05) is 13.6 Å². The zero-order chi connectivity index (χ0) is 16.6. The van der Waals surface area contributed by atoms with Crippen LogP contribution >= 0.6 is 11.6 Å². The Morgan fingerprint density at radius 3 is 2.78 bits per heavy atom. The third-order valence-corrected chi connectivity index (χ3v) is 5.34. The van der Waals surface area contributed by atoms with E-state index in [1.807, 2.05) is 19.1 Å². The maximum Gasteiger partial charge on any atom is 0.253 e. The quantitative estimate of drug-likeness (QED) is 0.853. The first-order valence-corrected chi connectivity index (χ1v) is 8.43. The van der Waals surface area contributed by atoms with Crippen LogP contribution in [0.2, 0.25) is 5.02 Å². The molecule has 1 aromatic rings. The molecule has 1 amide bonds. The lowest BCUT2D eigenvalue weighted by molar-refractivity contribution is 0.0931. The van der Waals surface area contributed by atoms with Crippen LogP contribution in [0.5, 0.6) is 0 Å². The molecule has 0 bridgehead atoms. The Hall–Kier alpha value is -1.58. The number of carbonyl (C=O) groups is 1. The van der Waals surface area contributed by atoms with Crippen molar-refractivity contribution in [3.63, 3.8) is 0 Å². The van der Waals surface area contributed by atoms with Crippen LogP contribution in [0.4, 0.5) is 0 Å². The second-order valence-corrected chi connectivity index (χ2v) is 7.22. The summed E-state index contributed by atoms with van der Waals surface area (Å²) in [6.45, 7) is 5.16. The van der Waals surface area contributed by atoms with Gasteiger partial charge in [0.05, 0.1) is 22.2 Å². The molecule has 1 N–H and O–H groups in total. The Morgan fingerprint density at radius 2 is 2.17 bits per heavy atom. The number of benzene rings is 1. The number of nitrogens with one attached hydrogen (secondary N) is 1. The number of allylic oxidation sites excluding steroid dienone is 3. The van der Waals surface area contributed by atoms with E-state index in [2.05, 4.69) is 42.4 Å². The van der Waals surface area contributed by atoms with Gasteiger partial charge in [0.1, 0.15) is 0 Å². The molecule has 0 aromatic heterocycles. The average molecular weight is 331 g/mol. The summed E-state index contributed by atoms with van der Waals surface area (Å²) < 4.78 is 0. The molecular formula is C19H23ClN2O. The first kappa shape index (κ1) is 16.3. The van der Waals surface area contributed by atoms with Gasteiger partial charge in [0.25, 0.3) is 5.91 Å². The molecule has 3 nitrogen and oxygen atoms in total. The van der Waals surface area contributed by atoms with E-state index in [1.54, 1.807) is 6.07 Å². The standard InChI is InChI=1S/C19H23ClN2O/c1-13-9-10-16(20)15(11-13)18(23)21-17(19(2)12-22(19)3)14-7-5-4-6-8-14/h4-5,7,9-11,17H,6,8,12H2,1-3H3,(H,21,23). The minimum Gasteiger partial charge on any atom is -0.344 e. The van der Waals surface area contributed by atoms with E-state index < -0.39 is 0 Å². The molecular weight excluding hydrogens is 308 g/mol. The topological polar surface area (TPSA) is 32.1 Å². The molecule has 0 saturated carbocycles. The smallest absolute Gasteiger partial charge is 0.253 e. The summed E-state index contributed by atoms with van der Waals surface area (Å²) >= 11 is 6.22. The molecule has 1 aliphatic heterocycles. The predicted octanol–water partition coefficient (Wildman–Crippen LogP) is 3.73. The van der Waals surface area contributed by atoms with Gasteiger partial charge < -0.3 is 5.32 Å². The zero-order valence-corrected chi connectivity index (χ0v) is 14.7. The summed E-state index contributed by atoms with van der Waals surface area (Å²) in [5, 5.41) is 3.74. The lowest BCUT2D eigenvalue weighted by Crippen LogP contribution is -2.47. The van der Waals surface area contributed by atoms with Crippen LogP contribution in [0.1, 0.15) is 35.7 Å². The van der Waals surface area contributed by atoms with Crippen molar-refractivity contribution in [1.82, 2.24) is 10.2 Å². The molecule has 1 fully saturated rings. The van der Waals surface area contributed by atoms with Crippen molar-refractivity contribution in [2.24, 2.45) is 0 Å². The lowest BCUT2D eigenvalue weighted by atomic mass is 9.88. The summed E-state index contributed by atoms with van der Waals surface area (Å²) in [5.74, 6) is -0.0966. The van der Waals surface area contributed by atoms with Gasteiger partial charge in [-0.3, -0.25) is 9.69 Å². The molecule has 3 unspecified atom stereocenters. The molecule has 4 heteroatoms. The van der Waals surface area contributed by atoms with Gasteiger partial charge >= 0.3 is 0 Å². The van der Waals surface area contributed by atoms with Crippen molar-refractivity contribution < 1.29 is 4.79 Å². The third kappa shape index (κ3) is 3.22. The Kier molecular flexibility index (Phi) is 4.35. The normalized spacial score (nSPS) is 27.3. The number of hydrogen-bond donors (Lipinski definition) is 1. The number of rotatable bonds is 4. The molecule has 2 aliphatic rings. The van der Waals surface area contributed by atoms with E-state index in [1.165, 1.54) is 5.57 Å². The van der Waals surface area contributed by atoms with Gasteiger partial charge in [-0.05, 0) is 51.4 Å². The summed E-state index contributed by atoms with van der Waals surface area (Å²) in [6, 6.07) is 5.57. The van der Waals surface area contributed by atoms with E-state index in [0.29, 0.717) is 10.6 Å². The van der Waals surface area contributed by atoms with E-state index in [4.69, 9.17) is 11.6 Å². The van der Waals surface area contributed by atoms with E-state index in [0.717, 1.165) is 24.9 Å². The Labute approximate surface area is 143 Å². The molecule has 1 aliphatic carbocycles. The number of aryl methyl sites for hydroxylation is 1. The highest BCUT2D eigenvalue weighted by Gasteiger charge is 2.52. The van der Waals surface area contributed by atoms with Gasteiger partial charge in [-0.2, -0.15) is 0 Å². The maximum absolute atomic E-state index is 12.8. The summed E-state index contributed by atoms with van der Waals surface area (Å²) in [7, 11) is 2.10. The molecule has 3 atom stereocenters. The number of carbonyl (C=O) groups excluding carboxylic acids is 1.